The molecule has 0 aliphatic rings. The Morgan fingerprint density at radius 1 is 0.253 bits per heavy atom. The standard InChI is InChI=1S/2C18H38O2.3C6H15NO3.H3O4P/c2*1-2-3-4-5-6-7-8-9-10-11-12-13-14-15-17-20-18-16-19;3*8-4-1-7(2-5-9)3-6-10;1-5(2,3)4/h2*19H,2-18H2,1H3;3*8-10H,1-6H2;(H3,1,2,3,4). The van der Waals surface area contributed by atoms with E-state index in [0.29, 0.717) is 72.1 Å². The van der Waals surface area contributed by atoms with Gasteiger partial charge in [-0.25, -0.2) is 4.57 Å². The molecule has 0 saturated carbocycles. The third kappa shape index (κ3) is 103. The van der Waals surface area contributed by atoms with E-state index < -0.39 is 7.82 Å². The van der Waals surface area contributed by atoms with Gasteiger partial charge in [0.1, 0.15) is 0 Å². The highest BCUT2D eigenvalue weighted by molar-refractivity contribution is 7.45. The maximum Gasteiger partial charge on any atom is 0.466 e. The number of aliphatic hydroxyl groups excluding tert-OH is 11. The fourth-order valence-electron chi connectivity index (χ4n) is 7.41. The van der Waals surface area contributed by atoms with Crippen molar-refractivity contribution >= 4 is 7.82 Å². The van der Waals surface area contributed by atoms with E-state index in [9.17, 15) is 0 Å². The second-order valence-electron chi connectivity index (χ2n) is 18.4. The molecule has 0 aliphatic heterocycles. The van der Waals surface area contributed by atoms with Gasteiger partial charge in [-0.2, -0.15) is 0 Å². The highest BCUT2D eigenvalue weighted by Gasteiger charge is 2.03. The largest absolute Gasteiger partial charge is 0.466 e. The fourth-order valence-corrected chi connectivity index (χ4v) is 7.41. The van der Waals surface area contributed by atoms with Crippen molar-refractivity contribution in [2.45, 2.75) is 194 Å². The van der Waals surface area contributed by atoms with E-state index in [0.717, 1.165) is 26.1 Å². The van der Waals surface area contributed by atoms with Crippen LogP contribution in [-0.2, 0) is 14.0 Å². The van der Waals surface area contributed by atoms with Crippen LogP contribution in [0.4, 0.5) is 0 Å². The average Bonchev–Trinajstić information content (AvgIpc) is 3.37. The lowest BCUT2D eigenvalue weighted by atomic mass is 10.0. The van der Waals surface area contributed by atoms with E-state index in [4.69, 9.17) is 84.9 Å². The molecule has 75 heavy (non-hydrogen) atoms. The monoisotopic (exact) mass is 1120 g/mol. The van der Waals surface area contributed by atoms with Crippen LogP contribution in [0.3, 0.4) is 0 Å². The molecule has 0 atom stereocenters. The number of ether oxygens (including phenoxy) is 2. The van der Waals surface area contributed by atoms with Crippen LogP contribution in [0.5, 0.6) is 0 Å². The summed E-state index contributed by atoms with van der Waals surface area (Å²) < 4.78 is 19.4. The third-order valence-corrected chi connectivity index (χ3v) is 11.5. The van der Waals surface area contributed by atoms with E-state index in [1.807, 2.05) is 0 Å². The topological polar surface area (TPSA) is 328 Å². The first-order valence-electron chi connectivity index (χ1n) is 29.2. The highest BCUT2D eigenvalue weighted by atomic mass is 31.2. The lowest BCUT2D eigenvalue weighted by molar-refractivity contribution is 0.0895. The summed E-state index contributed by atoms with van der Waals surface area (Å²) in [5, 5.41) is 93.5. The number of rotatable bonds is 52. The molecule has 0 amide bonds. The van der Waals surface area contributed by atoms with Gasteiger partial charge in [0.15, 0.2) is 0 Å². The van der Waals surface area contributed by atoms with Crippen LogP contribution in [0.2, 0.25) is 0 Å². The minimum Gasteiger partial charge on any atom is -0.395 e. The lowest BCUT2D eigenvalue weighted by Crippen LogP contribution is -2.32. The SMILES string of the molecule is CCCCCCCCCCCCCCCCOCCO.CCCCCCCCCCCCCCCCOCCO.O=P(O)(O)O.OCCN(CCO)CCO.OCCN(CCO)CCO.OCCN(CCO)CCO. The molecule has 21 heteroatoms. The second kappa shape index (κ2) is 82.3. The van der Waals surface area contributed by atoms with Gasteiger partial charge in [-0.15, -0.1) is 0 Å². The average molecular weight is 1120 g/mol. The quantitative estimate of drug-likeness (QED) is 0.0287. The van der Waals surface area contributed by atoms with Crippen LogP contribution in [0, 0.1) is 0 Å². The van der Waals surface area contributed by atoms with Gasteiger partial charge in [-0.3, -0.25) is 14.7 Å². The van der Waals surface area contributed by atoms with Crippen LogP contribution in [0.1, 0.15) is 194 Å². The van der Waals surface area contributed by atoms with E-state index in [-0.39, 0.29) is 72.7 Å². The first kappa shape index (κ1) is 85.7. The van der Waals surface area contributed by atoms with Gasteiger partial charge < -0.3 is 80.3 Å². The van der Waals surface area contributed by atoms with Crippen molar-refractivity contribution in [2.24, 2.45) is 0 Å². The summed E-state index contributed by atoms with van der Waals surface area (Å²) >= 11 is 0. The molecule has 0 spiro atoms. The molecular formula is C54H124N3O17P. The summed E-state index contributed by atoms with van der Waals surface area (Å²) in [6, 6.07) is 0. The van der Waals surface area contributed by atoms with Crippen molar-refractivity contribution in [2.75, 3.05) is 158 Å². The maximum absolute atomic E-state index is 8.88. The first-order chi connectivity index (χ1) is 36.4. The molecule has 20 nitrogen and oxygen atoms in total. The molecule has 0 rings (SSSR count). The van der Waals surface area contributed by atoms with E-state index in [1.54, 1.807) is 14.7 Å². The number of hydrogen-bond acceptors (Lipinski definition) is 17. The van der Waals surface area contributed by atoms with Crippen molar-refractivity contribution in [3.05, 3.63) is 0 Å². The molecule has 0 bridgehead atoms. The van der Waals surface area contributed by atoms with Crippen molar-refractivity contribution in [3.63, 3.8) is 0 Å². The summed E-state index contributed by atoms with van der Waals surface area (Å²) in [4.78, 5) is 26.9. The lowest BCUT2D eigenvalue weighted by Gasteiger charge is -2.17. The Kier molecular flexibility index (Phi) is 94.1. The van der Waals surface area contributed by atoms with Gasteiger partial charge in [-0.1, -0.05) is 181 Å². The Bertz CT molecular complexity index is 808. The number of unbranched alkanes of at least 4 members (excludes halogenated alkanes) is 26. The molecule has 0 aromatic heterocycles. The minimum absolute atomic E-state index is 0.0694. The zero-order valence-corrected chi connectivity index (χ0v) is 48.9. The zero-order valence-electron chi connectivity index (χ0n) is 48.0. The molecule has 0 aromatic rings. The molecule has 0 unspecified atom stereocenters. The van der Waals surface area contributed by atoms with Gasteiger partial charge in [0.2, 0.25) is 0 Å². The van der Waals surface area contributed by atoms with Crippen LogP contribution < -0.4 is 0 Å². The van der Waals surface area contributed by atoms with Crippen LogP contribution in [0.15, 0.2) is 0 Å². The summed E-state index contributed by atoms with van der Waals surface area (Å²) in [7, 11) is -4.64. The Hall–Kier alpha value is -0.530. The predicted molar refractivity (Wildman–Crippen MR) is 304 cm³/mol. The summed E-state index contributed by atoms with van der Waals surface area (Å²) in [6.07, 6.45) is 38.9. The van der Waals surface area contributed by atoms with Gasteiger partial charge in [0.25, 0.3) is 0 Å². The van der Waals surface area contributed by atoms with Crippen LogP contribution in [-0.4, -0.2) is 244 Å². The van der Waals surface area contributed by atoms with Crippen molar-refractivity contribution in [1.82, 2.24) is 14.7 Å². The minimum atomic E-state index is -4.64. The number of aliphatic hydroxyl groups is 11. The Morgan fingerprint density at radius 2 is 0.400 bits per heavy atom. The highest BCUT2D eigenvalue weighted by Crippen LogP contribution is 2.25. The first-order valence-corrected chi connectivity index (χ1v) is 30.7. The molecule has 14 N–H and O–H groups in total. The summed E-state index contributed by atoms with van der Waals surface area (Å²) in [5.74, 6) is 0. The third-order valence-electron chi connectivity index (χ3n) is 11.5. The van der Waals surface area contributed by atoms with Crippen LogP contribution in [0.25, 0.3) is 0 Å². The van der Waals surface area contributed by atoms with Gasteiger partial charge in [-0.05, 0) is 12.8 Å². The molecule has 0 saturated heterocycles. The van der Waals surface area contributed by atoms with Gasteiger partial charge in [0, 0.05) is 72.1 Å². The van der Waals surface area contributed by atoms with Crippen molar-refractivity contribution in [1.29, 1.82) is 0 Å². The Balaban J connectivity index is -0.000000201. The molecule has 0 aromatic carbocycles. The number of nitrogens with zero attached hydrogens (tertiary/aromatic N) is 3. The van der Waals surface area contributed by atoms with E-state index in [2.05, 4.69) is 13.8 Å². The summed E-state index contributed by atoms with van der Waals surface area (Å²) in [5.41, 5.74) is 0. The number of phosphoric acid groups is 1. The summed E-state index contributed by atoms with van der Waals surface area (Å²) in [6.45, 7) is 12.8. The molecule has 0 aliphatic carbocycles. The van der Waals surface area contributed by atoms with E-state index >= 15 is 0 Å². The van der Waals surface area contributed by atoms with Gasteiger partial charge >= 0.3 is 7.82 Å². The Labute approximate surface area is 457 Å². The van der Waals surface area contributed by atoms with E-state index in [1.165, 1.54) is 167 Å². The number of hydrogen-bond donors (Lipinski definition) is 14. The Morgan fingerprint density at radius 3 is 0.533 bits per heavy atom. The van der Waals surface area contributed by atoms with Crippen LogP contribution >= 0.6 is 7.82 Å². The predicted octanol–water partition coefficient (Wildman–Crippen LogP) is 4.82. The zero-order chi connectivity index (χ0) is 57.4. The van der Waals surface area contributed by atoms with Gasteiger partial charge in [0.05, 0.1) is 85.9 Å². The maximum atomic E-state index is 8.88. The fraction of sp³-hybridized carbons (Fsp3) is 1.00. The van der Waals surface area contributed by atoms with Crippen molar-refractivity contribution in [3.8, 4) is 0 Å². The molecule has 462 valence electrons. The smallest absolute Gasteiger partial charge is 0.395 e. The molecule has 0 radical (unpaired) electrons. The second-order valence-corrected chi connectivity index (χ2v) is 19.4. The molecule has 0 fully saturated rings. The molecular weight excluding hydrogens is 994 g/mol. The normalized spacial score (nSPS) is 11.0. The molecule has 0 heterocycles. The van der Waals surface area contributed by atoms with Crippen molar-refractivity contribution < 1.29 is 84.9 Å².